The Morgan fingerprint density at radius 3 is 2.67 bits per heavy atom. The maximum atomic E-state index is 5.91. The number of hydrogen-bond donors (Lipinski definition) is 2. The number of rotatable bonds is 6. The van der Waals surface area contributed by atoms with Crippen molar-refractivity contribution in [1.29, 1.82) is 0 Å². The molecule has 7 heteroatoms. The van der Waals surface area contributed by atoms with Gasteiger partial charge in [0.05, 0.1) is 17.8 Å². The van der Waals surface area contributed by atoms with Crippen LogP contribution in [0.25, 0.3) is 0 Å². The summed E-state index contributed by atoms with van der Waals surface area (Å²) in [5.41, 5.74) is 10.9. The van der Waals surface area contributed by atoms with Crippen LogP contribution in [0.3, 0.4) is 0 Å². The third kappa shape index (κ3) is 5.21. The second kappa shape index (κ2) is 8.65. The topological polar surface area (TPSA) is 68.9 Å². The lowest BCUT2D eigenvalue weighted by atomic mass is 10.2. The van der Waals surface area contributed by atoms with Gasteiger partial charge in [0, 0.05) is 0 Å². The molecule has 24 heavy (non-hydrogen) atoms. The smallest absolute Gasteiger partial charge is 0.184 e. The van der Waals surface area contributed by atoms with Crippen molar-refractivity contribution in [2.45, 2.75) is 13.5 Å². The quantitative estimate of drug-likeness (QED) is 0.435. The predicted octanol–water partition coefficient (Wildman–Crippen LogP) is 3.51. The molecule has 0 fully saturated rings. The Kier molecular flexibility index (Phi) is 6.57. The average Bonchev–Trinajstić information content (AvgIpc) is 2.54. The number of hydrogen-bond acceptors (Lipinski definition) is 4. The van der Waals surface area contributed by atoms with Crippen molar-refractivity contribution in [2.24, 2.45) is 10.8 Å². The minimum Gasteiger partial charge on any atom is -0.493 e. The van der Waals surface area contributed by atoms with E-state index in [1.807, 2.05) is 24.3 Å². The molecule has 0 aliphatic heterocycles. The van der Waals surface area contributed by atoms with E-state index in [4.69, 9.17) is 27.4 Å². The van der Waals surface area contributed by atoms with Crippen molar-refractivity contribution in [2.75, 3.05) is 7.11 Å². The van der Waals surface area contributed by atoms with E-state index >= 15 is 0 Å². The monoisotopic (exact) mass is 407 g/mol. The summed E-state index contributed by atoms with van der Waals surface area (Å²) < 4.78 is 12.1. The van der Waals surface area contributed by atoms with Crippen molar-refractivity contribution in [3.8, 4) is 11.5 Å². The molecule has 0 spiro atoms. The number of methoxy groups -OCH3 is 1. The predicted molar refractivity (Wildman–Crippen MR) is 104 cm³/mol. The molecule has 0 unspecified atom stereocenters. The van der Waals surface area contributed by atoms with Crippen LogP contribution < -0.4 is 20.6 Å². The summed E-state index contributed by atoms with van der Waals surface area (Å²) in [6, 6.07) is 11.9. The van der Waals surface area contributed by atoms with Gasteiger partial charge in [-0.05, 0) is 58.3 Å². The Morgan fingerprint density at radius 2 is 2.04 bits per heavy atom. The van der Waals surface area contributed by atoms with Crippen LogP contribution in [0.2, 0.25) is 0 Å². The molecule has 0 saturated carbocycles. The molecule has 0 atom stereocenters. The van der Waals surface area contributed by atoms with Gasteiger partial charge in [0.2, 0.25) is 0 Å². The minimum absolute atomic E-state index is 0.107. The molecule has 126 valence electrons. The summed E-state index contributed by atoms with van der Waals surface area (Å²) in [6.45, 7) is 2.50. The lowest BCUT2D eigenvalue weighted by Crippen LogP contribution is -2.23. The maximum absolute atomic E-state index is 5.91. The fourth-order valence-corrected chi connectivity index (χ4v) is 2.59. The van der Waals surface area contributed by atoms with Gasteiger partial charge in [-0.1, -0.05) is 29.8 Å². The van der Waals surface area contributed by atoms with Gasteiger partial charge >= 0.3 is 0 Å². The molecular weight excluding hydrogens is 390 g/mol. The number of nitrogens with zero attached hydrogens (tertiary/aromatic N) is 1. The van der Waals surface area contributed by atoms with Crippen LogP contribution in [0.1, 0.15) is 16.7 Å². The van der Waals surface area contributed by atoms with E-state index in [-0.39, 0.29) is 5.11 Å². The zero-order valence-corrected chi connectivity index (χ0v) is 15.8. The third-order valence-electron chi connectivity index (χ3n) is 3.14. The average molecular weight is 408 g/mol. The Hall–Kier alpha value is -2.12. The van der Waals surface area contributed by atoms with E-state index in [9.17, 15) is 0 Å². The molecule has 0 aliphatic rings. The Bertz CT molecular complexity index is 748. The van der Waals surface area contributed by atoms with Crippen molar-refractivity contribution >= 4 is 39.5 Å². The molecule has 0 saturated heterocycles. The van der Waals surface area contributed by atoms with Crippen LogP contribution in [-0.2, 0) is 6.61 Å². The molecule has 3 N–H and O–H groups in total. The van der Waals surface area contributed by atoms with Crippen LogP contribution >= 0.6 is 28.1 Å². The number of aryl methyl sites for hydroxylation is 1. The van der Waals surface area contributed by atoms with Crippen LogP contribution in [0.4, 0.5) is 0 Å². The second-order valence-corrected chi connectivity index (χ2v) is 6.34. The number of thiocarbonyl (C=S) groups is 1. The van der Waals surface area contributed by atoms with E-state index in [0.29, 0.717) is 18.1 Å². The molecule has 0 amide bonds. The Labute approximate surface area is 155 Å². The normalized spacial score (nSPS) is 10.6. The second-order valence-electron chi connectivity index (χ2n) is 5.04. The molecule has 0 aliphatic carbocycles. The summed E-state index contributed by atoms with van der Waals surface area (Å²) in [6.07, 6.45) is 1.59. The highest BCUT2D eigenvalue weighted by atomic mass is 79.9. The van der Waals surface area contributed by atoms with E-state index < -0.39 is 0 Å². The molecule has 2 aromatic rings. The molecule has 0 radical (unpaired) electrons. The Balaban J connectivity index is 2.15. The number of nitrogens with one attached hydrogen (secondary N) is 1. The van der Waals surface area contributed by atoms with Gasteiger partial charge in [0.15, 0.2) is 16.6 Å². The number of benzene rings is 2. The molecule has 2 aromatic carbocycles. The van der Waals surface area contributed by atoms with Gasteiger partial charge in [-0.25, -0.2) is 0 Å². The van der Waals surface area contributed by atoms with Crippen LogP contribution in [0, 0.1) is 6.92 Å². The molecule has 0 bridgehead atoms. The lowest BCUT2D eigenvalue weighted by Gasteiger charge is -2.13. The third-order valence-corrected chi connectivity index (χ3v) is 3.82. The summed E-state index contributed by atoms with van der Waals surface area (Å²) in [7, 11) is 1.59. The van der Waals surface area contributed by atoms with Crippen molar-refractivity contribution in [1.82, 2.24) is 5.43 Å². The van der Waals surface area contributed by atoms with Gasteiger partial charge in [-0.3, -0.25) is 5.43 Å². The largest absolute Gasteiger partial charge is 0.493 e. The van der Waals surface area contributed by atoms with Gasteiger partial charge in [0.25, 0.3) is 0 Å². The van der Waals surface area contributed by atoms with Gasteiger partial charge in [-0.15, -0.1) is 0 Å². The van der Waals surface area contributed by atoms with Crippen LogP contribution in [0.5, 0.6) is 11.5 Å². The first-order chi connectivity index (χ1) is 11.5. The number of hydrazone groups is 1. The van der Waals surface area contributed by atoms with Crippen molar-refractivity contribution < 1.29 is 9.47 Å². The van der Waals surface area contributed by atoms with Crippen LogP contribution in [0.15, 0.2) is 46.0 Å². The standard InChI is InChI=1S/C17H18BrN3O2S/c1-11-3-5-12(6-4-11)10-23-16-14(18)7-13(8-15(16)22-2)9-20-21-17(19)24/h3-9H,10H2,1-2H3,(H3,19,21,24)/b20-9-. The van der Waals surface area contributed by atoms with E-state index in [1.165, 1.54) is 5.56 Å². The fraction of sp³-hybridized carbons (Fsp3) is 0.176. The fourth-order valence-electron chi connectivity index (χ4n) is 1.96. The summed E-state index contributed by atoms with van der Waals surface area (Å²) in [5.74, 6) is 1.24. The SMILES string of the molecule is COc1cc(/C=N\NC(N)=S)cc(Br)c1OCc1ccc(C)cc1. The molecule has 5 nitrogen and oxygen atoms in total. The van der Waals surface area contributed by atoms with E-state index in [2.05, 4.69) is 45.5 Å². The maximum Gasteiger partial charge on any atom is 0.184 e. The van der Waals surface area contributed by atoms with Crippen LogP contribution in [-0.4, -0.2) is 18.4 Å². The highest BCUT2D eigenvalue weighted by molar-refractivity contribution is 9.10. The number of nitrogens with two attached hydrogens (primary N) is 1. The molecular formula is C17H18BrN3O2S. The minimum atomic E-state index is 0.107. The number of halogens is 1. The van der Waals surface area contributed by atoms with Gasteiger partial charge in [-0.2, -0.15) is 5.10 Å². The Morgan fingerprint density at radius 1 is 1.33 bits per heavy atom. The highest BCUT2D eigenvalue weighted by Gasteiger charge is 2.11. The summed E-state index contributed by atoms with van der Waals surface area (Å²) >= 11 is 8.20. The summed E-state index contributed by atoms with van der Waals surface area (Å²) in [5, 5.41) is 4.04. The van der Waals surface area contributed by atoms with Gasteiger partial charge in [0.1, 0.15) is 6.61 Å². The molecule has 2 rings (SSSR count). The lowest BCUT2D eigenvalue weighted by molar-refractivity contribution is 0.282. The van der Waals surface area contributed by atoms with E-state index in [0.717, 1.165) is 15.6 Å². The number of ether oxygens (including phenoxy) is 2. The van der Waals surface area contributed by atoms with Crippen molar-refractivity contribution in [3.05, 3.63) is 57.6 Å². The van der Waals surface area contributed by atoms with Gasteiger partial charge < -0.3 is 15.2 Å². The summed E-state index contributed by atoms with van der Waals surface area (Å²) in [4.78, 5) is 0. The molecule has 0 heterocycles. The van der Waals surface area contributed by atoms with Crippen molar-refractivity contribution in [3.63, 3.8) is 0 Å². The first-order valence-corrected chi connectivity index (χ1v) is 8.34. The molecule has 0 aromatic heterocycles. The van der Waals surface area contributed by atoms with E-state index in [1.54, 1.807) is 13.3 Å². The highest BCUT2D eigenvalue weighted by Crippen LogP contribution is 2.36. The first kappa shape index (κ1) is 18.2. The zero-order chi connectivity index (χ0) is 17.5. The zero-order valence-electron chi connectivity index (χ0n) is 13.4. The first-order valence-electron chi connectivity index (χ1n) is 7.14.